The highest BCUT2D eigenvalue weighted by atomic mass is 16.5. The van der Waals surface area contributed by atoms with Crippen LogP contribution in [0.3, 0.4) is 0 Å². The second-order valence-corrected chi connectivity index (χ2v) is 6.88. The number of rotatable bonds is 5. The molecule has 19 heavy (non-hydrogen) atoms. The lowest BCUT2D eigenvalue weighted by Crippen LogP contribution is -2.45. The summed E-state index contributed by atoms with van der Waals surface area (Å²) in [4.78, 5) is 2.62. The first-order valence-corrected chi connectivity index (χ1v) is 8.06. The molecular formula is C16H32N2O. The van der Waals surface area contributed by atoms with Gasteiger partial charge in [-0.2, -0.15) is 0 Å². The van der Waals surface area contributed by atoms with Gasteiger partial charge in [-0.15, -0.1) is 0 Å². The van der Waals surface area contributed by atoms with Crippen molar-refractivity contribution in [3.05, 3.63) is 0 Å². The van der Waals surface area contributed by atoms with Crippen LogP contribution in [0.25, 0.3) is 0 Å². The average molecular weight is 268 g/mol. The Morgan fingerprint density at radius 3 is 2.63 bits per heavy atom. The Kier molecular flexibility index (Phi) is 5.67. The molecule has 1 saturated carbocycles. The van der Waals surface area contributed by atoms with Crippen molar-refractivity contribution in [2.75, 3.05) is 33.8 Å². The largest absolute Gasteiger partial charge is 0.380 e. The van der Waals surface area contributed by atoms with Crippen LogP contribution in [-0.4, -0.2) is 50.8 Å². The van der Waals surface area contributed by atoms with Crippen molar-refractivity contribution in [2.45, 2.75) is 51.7 Å². The third-order valence-corrected chi connectivity index (χ3v) is 5.39. The predicted octanol–water partition coefficient (Wildman–Crippen LogP) is 2.37. The van der Waals surface area contributed by atoms with Crippen LogP contribution in [-0.2, 0) is 4.74 Å². The number of likely N-dealkylation sites (tertiary alicyclic amines) is 1. The fourth-order valence-electron chi connectivity index (χ4n) is 3.97. The van der Waals surface area contributed by atoms with Crippen molar-refractivity contribution in [1.82, 2.24) is 10.2 Å². The quantitative estimate of drug-likeness (QED) is 0.828. The number of ether oxygens (including phenoxy) is 1. The predicted molar refractivity (Wildman–Crippen MR) is 80.4 cm³/mol. The molecule has 0 radical (unpaired) electrons. The van der Waals surface area contributed by atoms with E-state index in [1.54, 1.807) is 0 Å². The zero-order chi connectivity index (χ0) is 13.8. The Bertz CT molecular complexity index is 269. The molecule has 1 aliphatic carbocycles. The maximum Gasteiger partial charge on any atom is 0.0710 e. The molecule has 0 aromatic carbocycles. The molecule has 0 amide bonds. The number of nitrogens with one attached hydrogen (secondary N) is 1. The van der Waals surface area contributed by atoms with E-state index in [-0.39, 0.29) is 0 Å². The Hall–Kier alpha value is -0.120. The van der Waals surface area contributed by atoms with E-state index in [9.17, 15) is 0 Å². The molecule has 2 rings (SSSR count). The van der Waals surface area contributed by atoms with Crippen molar-refractivity contribution < 1.29 is 4.74 Å². The van der Waals surface area contributed by atoms with E-state index >= 15 is 0 Å². The summed E-state index contributed by atoms with van der Waals surface area (Å²) in [5.41, 5.74) is 0. The highest BCUT2D eigenvalue weighted by Gasteiger charge is 2.33. The lowest BCUT2D eigenvalue weighted by Gasteiger charge is -2.39. The van der Waals surface area contributed by atoms with Gasteiger partial charge >= 0.3 is 0 Å². The van der Waals surface area contributed by atoms with Gasteiger partial charge in [0, 0.05) is 32.8 Å². The van der Waals surface area contributed by atoms with Gasteiger partial charge in [-0.05, 0) is 50.5 Å². The highest BCUT2D eigenvalue weighted by molar-refractivity contribution is 4.88. The summed E-state index contributed by atoms with van der Waals surface area (Å²) in [5.74, 6) is 2.59. The maximum atomic E-state index is 5.49. The molecule has 0 aromatic heterocycles. The molecule has 3 heteroatoms. The number of methoxy groups -OCH3 is 1. The Balaban J connectivity index is 1.88. The fourth-order valence-corrected chi connectivity index (χ4v) is 3.97. The molecule has 1 heterocycles. The van der Waals surface area contributed by atoms with E-state index in [1.807, 2.05) is 7.11 Å². The van der Waals surface area contributed by atoms with Crippen LogP contribution in [0.1, 0.15) is 39.5 Å². The van der Waals surface area contributed by atoms with E-state index in [0.29, 0.717) is 6.10 Å². The van der Waals surface area contributed by atoms with E-state index < -0.39 is 0 Å². The molecule has 1 aliphatic heterocycles. The van der Waals surface area contributed by atoms with Crippen molar-refractivity contribution in [2.24, 2.45) is 17.8 Å². The topological polar surface area (TPSA) is 24.5 Å². The molecule has 4 atom stereocenters. The monoisotopic (exact) mass is 268 g/mol. The third kappa shape index (κ3) is 3.93. The Morgan fingerprint density at radius 1 is 1.26 bits per heavy atom. The molecule has 1 saturated heterocycles. The molecule has 0 spiro atoms. The second kappa shape index (κ2) is 7.05. The number of hydrogen-bond acceptors (Lipinski definition) is 3. The van der Waals surface area contributed by atoms with Gasteiger partial charge in [-0.25, -0.2) is 0 Å². The standard InChI is InChI=1S/C16H32N2O/c1-12(2)13-5-6-16(17-3)14(9-13)10-18-8-7-15(11-18)19-4/h12-17H,5-11H2,1-4H3. The van der Waals surface area contributed by atoms with Crippen LogP contribution in [0.4, 0.5) is 0 Å². The second-order valence-electron chi connectivity index (χ2n) is 6.88. The molecule has 0 aromatic rings. The molecule has 1 N–H and O–H groups in total. The van der Waals surface area contributed by atoms with Gasteiger partial charge in [0.25, 0.3) is 0 Å². The van der Waals surface area contributed by atoms with E-state index in [0.717, 1.165) is 30.3 Å². The minimum Gasteiger partial charge on any atom is -0.380 e. The van der Waals surface area contributed by atoms with E-state index in [1.165, 1.54) is 38.8 Å². The number of hydrogen-bond donors (Lipinski definition) is 1. The molecule has 2 aliphatic rings. The normalized spacial score (nSPS) is 37.1. The molecular weight excluding hydrogens is 236 g/mol. The van der Waals surface area contributed by atoms with E-state index in [4.69, 9.17) is 4.74 Å². The van der Waals surface area contributed by atoms with Crippen molar-refractivity contribution in [1.29, 1.82) is 0 Å². The molecule has 4 unspecified atom stereocenters. The lowest BCUT2D eigenvalue weighted by atomic mass is 9.73. The zero-order valence-corrected chi connectivity index (χ0v) is 13.2. The van der Waals surface area contributed by atoms with Crippen molar-refractivity contribution in [3.63, 3.8) is 0 Å². The minimum absolute atomic E-state index is 0.470. The van der Waals surface area contributed by atoms with Crippen LogP contribution in [0.5, 0.6) is 0 Å². The van der Waals surface area contributed by atoms with Gasteiger partial charge in [0.1, 0.15) is 0 Å². The summed E-state index contributed by atoms with van der Waals surface area (Å²) in [7, 11) is 3.98. The first kappa shape index (κ1) is 15.3. The lowest BCUT2D eigenvalue weighted by molar-refractivity contribution is 0.0951. The summed E-state index contributed by atoms with van der Waals surface area (Å²) in [6, 6.07) is 0.719. The van der Waals surface area contributed by atoms with Crippen LogP contribution >= 0.6 is 0 Å². The molecule has 2 fully saturated rings. The summed E-state index contributed by atoms with van der Waals surface area (Å²) >= 11 is 0. The molecule has 0 bridgehead atoms. The van der Waals surface area contributed by atoms with Crippen LogP contribution < -0.4 is 5.32 Å². The fraction of sp³-hybridized carbons (Fsp3) is 1.00. The van der Waals surface area contributed by atoms with Gasteiger partial charge < -0.3 is 15.0 Å². The number of nitrogens with zero attached hydrogens (tertiary/aromatic N) is 1. The molecule has 112 valence electrons. The third-order valence-electron chi connectivity index (χ3n) is 5.39. The first-order chi connectivity index (χ1) is 9.13. The summed E-state index contributed by atoms with van der Waals surface area (Å²) < 4.78 is 5.49. The van der Waals surface area contributed by atoms with Gasteiger partial charge in [-0.3, -0.25) is 0 Å². The smallest absolute Gasteiger partial charge is 0.0710 e. The zero-order valence-electron chi connectivity index (χ0n) is 13.2. The van der Waals surface area contributed by atoms with Crippen molar-refractivity contribution >= 4 is 0 Å². The van der Waals surface area contributed by atoms with Crippen LogP contribution in [0.2, 0.25) is 0 Å². The SMILES string of the molecule is CNC1CCC(C(C)C)CC1CN1CCC(OC)C1. The maximum absolute atomic E-state index is 5.49. The minimum atomic E-state index is 0.470. The first-order valence-electron chi connectivity index (χ1n) is 8.06. The summed E-state index contributed by atoms with van der Waals surface area (Å²) in [6.07, 6.45) is 5.84. The summed E-state index contributed by atoms with van der Waals surface area (Å²) in [5, 5.41) is 3.55. The van der Waals surface area contributed by atoms with Gasteiger partial charge in [0.2, 0.25) is 0 Å². The molecule has 3 nitrogen and oxygen atoms in total. The average Bonchev–Trinajstić information content (AvgIpc) is 2.86. The van der Waals surface area contributed by atoms with Gasteiger partial charge in [-0.1, -0.05) is 13.8 Å². The Labute approximate surface area is 119 Å². The van der Waals surface area contributed by atoms with Crippen molar-refractivity contribution in [3.8, 4) is 0 Å². The van der Waals surface area contributed by atoms with Crippen LogP contribution in [0, 0.1) is 17.8 Å². The van der Waals surface area contributed by atoms with Crippen LogP contribution in [0.15, 0.2) is 0 Å². The van der Waals surface area contributed by atoms with Gasteiger partial charge in [0.15, 0.2) is 0 Å². The Morgan fingerprint density at radius 2 is 2.05 bits per heavy atom. The van der Waals surface area contributed by atoms with Gasteiger partial charge in [0.05, 0.1) is 6.10 Å². The van der Waals surface area contributed by atoms with E-state index in [2.05, 4.69) is 31.1 Å². The highest BCUT2D eigenvalue weighted by Crippen LogP contribution is 2.34. The summed E-state index contributed by atoms with van der Waals surface area (Å²) in [6.45, 7) is 8.39.